The number of hydrogen-bond acceptors (Lipinski definition) is 1. The van der Waals surface area contributed by atoms with Gasteiger partial charge in [-0.3, -0.25) is 4.98 Å². The van der Waals surface area contributed by atoms with Gasteiger partial charge in [-0.1, -0.05) is 20.8 Å². The first-order chi connectivity index (χ1) is 6.09. The van der Waals surface area contributed by atoms with E-state index in [2.05, 4.69) is 42.3 Å². The predicted molar refractivity (Wildman–Crippen MR) is 53.9 cm³/mol. The molecule has 0 N–H and O–H groups in total. The standard InChI is InChI=1S/C11H14N2/c1-11(2,3)10-5-4-9-8-12-6-7-13(9)10/h4-8H,1-3H3. The van der Waals surface area contributed by atoms with Crippen LogP contribution in [0.3, 0.4) is 0 Å². The van der Waals surface area contributed by atoms with E-state index in [0.717, 1.165) is 5.52 Å². The fourth-order valence-electron chi connectivity index (χ4n) is 1.57. The lowest BCUT2D eigenvalue weighted by molar-refractivity contribution is 0.563. The van der Waals surface area contributed by atoms with Gasteiger partial charge in [0.15, 0.2) is 0 Å². The highest BCUT2D eigenvalue weighted by molar-refractivity contribution is 5.48. The molecule has 0 atom stereocenters. The Morgan fingerprint density at radius 2 is 2.00 bits per heavy atom. The summed E-state index contributed by atoms with van der Waals surface area (Å²) in [7, 11) is 0. The van der Waals surface area contributed by atoms with E-state index in [1.807, 2.05) is 18.6 Å². The molecule has 2 heterocycles. The highest BCUT2D eigenvalue weighted by atomic mass is 14.9. The van der Waals surface area contributed by atoms with Gasteiger partial charge in [0.05, 0.1) is 11.7 Å². The van der Waals surface area contributed by atoms with E-state index >= 15 is 0 Å². The fourth-order valence-corrected chi connectivity index (χ4v) is 1.57. The number of rotatable bonds is 0. The van der Waals surface area contributed by atoms with Crippen molar-refractivity contribution < 1.29 is 0 Å². The molecule has 2 aromatic heterocycles. The largest absolute Gasteiger partial charge is 0.317 e. The average Bonchev–Trinajstić information content (AvgIpc) is 2.45. The van der Waals surface area contributed by atoms with Crippen LogP contribution < -0.4 is 0 Å². The Kier molecular flexibility index (Phi) is 1.65. The second kappa shape index (κ2) is 2.59. The van der Waals surface area contributed by atoms with Crippen LogP contribution in [0, 0.1) is 0 Å². The SMILES string of the molecule is CC(C)(C)c1ccc2cnccn12. The smallest absolute Gasteiger partial charge is 0.0636 e. The third-order valence-corrected chi connectivity index (χ3v) is 2.23. The number of aromatic nitrogens is 2. The number of hydrogen-bond donors (Lipinski definition) is 0. The summed E-state index contributed by atoms with van der Waals surface area (Å²) in [5, 5.41) is 0. The molecule has 0 aromatic carbocycles. The lowest BCUT2D eigenvalue weighted by atomic mass is 9.92. The van der Waals surface area contributed by atoms with Crippen molar-refractivity contribution in [1.29, 1.82) is 0 Å². The van der Waals surface area contributed by atoms with E-state index in [4.69, 9.17) is 0 Å². The molecule has 0 saturated heterocycles. The van der Waals surface area contributed by atoms with Crippen molar-refractivity contribution in [2.45, 2.75) is 26.2 Å². The van der Waals surface area contributed by atoms with E-state index in [9.17, 15) is 0 Å². The summed E-state index contributed by atoms with van der Waals surface area (Å²) >= 11 is 0. The van der Waals surface area contributed by atoms with Gasteiger partial charge in [-0.25, -0.2) is 0 Å². The van der Waals surface area contributed by atoms with Crippen molar-refractivity contribution in [3.63, 3.8) is 0 Å². The highest BCUT2D eigenvalue weighted by Gasteiger charge is 2.16. The maximum atomic E-state index is 4.09. The average molecular weight is 174 g/mol. The van der Waals surface area contributed by atoms with Crippen molar-refractivity contribution in [2.75, 3.05) is 0 Å². The molecule has 2 aromatic rings. The van der Waals surface area contributed by atoms with Gasteiger partial charge in [0, 0.05) is 23.5 Å². The van der Waals surface area contributed by atoms with Crippen molar-refractivity contribution in [1.82, 2.24) is 9.38 Å². The molecule has 0 spiro atoms. The van der Waals surface area contributed by atoms with Gasteiger partial charge in [-0.15, -0.1) is 0 Å². The van der Waals surface area contributed by atoms with Crippen molar-refractivity contribution in [3.05, 3.63) is 36.4 Å². The summed E-state index contributed by atoms with van der Waals surface area (Å²) < 4.78 is 2.19. The summed E-state index contributed by atoms with van der Waals surface area (Å²) in [6.07, 6.45) is 5.72. The molecule has 2 nitrogen and oxygen atoms in total. The third kappa shape index (κ3) is 1.32. The molecule has 2 heteroatoms. The molecule has 0 aliphatic heterocycles. The molecule has 0 aliphatic carbocycles. The minimum Gasteiger partial charge on any atom is -0.317 e. The Hall–Kier alpha value is -1.31. The molecule has 0 amide bonds. The zero-order valence-electron chi connectivity index (χ0n) is 8.28. The fraction of sp³-hybridized carbons (Fsp3) is 0.364. The quantitative estimate of drug-likeness (QED) is 0.600. The molecule has 0 fully saturated rings. The molecule has 68 valence electrons. The van der Waals surface area contributed by atoms with Gasteiger partial charge in [-0.2, -0.15) is 0 Å². The minimum absolute atomic E-state index is 0.188. The summed E-state index contributed by atoms with van der Waals surface area (Å²) in [5.41, 5.74) is 2.67. The molecular formula is C11H14N2. The molecule has 0 unspecified atom stereocenters. The molecule has 2 rings (SSSR count). The third-order valence-electron chi connectivity index (χ3n) is 2.23. The van der Waals surface area contributed by atoms with Crippen LogP contribution in [0.5, 0.6) is 0 Å². The van der Waals surface area contributed by atoms with E-state index in [-0.39, 0.29) is 5.41 Å². The van der Waals surface area contributed by atoms with Crippen LogP contribution >= 0.6 is 0 Å². The van der Waals surface area contributed by atoms with Gasteiger partial charge in [0.1, 0.15) is 0 Å². The highest BCUT2D eigenvalue weighted by Crippen LogP contribution is 2.23. The van der Waals surface area contributed by atoms with Gasteiger partial charge < -0.3 is 4.40 Å². The summed E-state index contributed by atoms with van der Waals surface area (Å²) in [6.45, 7) is 6.65. The minimum atomic E-state index is 0.188. The van der Waals surface area contributed by atoms with Crippen molar-refractivity contribution in [2.24, 2.45) is 0 Å². The number of fused-ring (bicyclic) bond motifs is 1. The van der Waals surface area contributed by atoms with Crippen molar-refractivity contribution >= 4 is 5.52 Å². The second-order valence-electron chi connectivity index (χ2n) is 4.34. The Labute approximate surface area is 78.2 Å². The zero-order valence-corrected chi connectivity index (χ0v) is 8.28. The normalized spacial score (nSPS) is 12.2. The number of nitrogens with zero attached hydrogens (tertiary/aromatic N) is 2. The maximum absolute atomic E-state index is 4.09. The van der Waals surface area contributed by atoms with Gasteiger partial charge in [0.25, 0.3) is 0 Å². The Morgan fingerprint density at radius 1 is 1.23 bits per heavy atom. The maximum Gasteiger partial charge on any atom is 0.0636 e. The summed E-state index contributed by atoms with van der Waals surface area (Å²) in [6, 6.07) is 4.27. The Morgan fingerprint density at radius 3 is 2.69 bits per heavy atom. The van der Waals surface area contributed by atoms with Crippen LogP contribution in [-0.2, 0) is 5.41 Å². The predicted octanol–water partition coefficient (Wildman–Crippen LogP) is 2.63. The van der Waals surface area contributed by atoms with Crippen molar-refractivity contribution in [3.8, 4) is 0 Å². The first kappa shape index (κ1) is 8.30. The molecule has 13 heavy (non-hydrogen) atoms. The van der Waals surface area contributed by atoms with Crippen LogP contribution in [0.15, 0.2) is 30.7 Å². The second-order valence-corrected chi connectivity index (χ2v) is 4.34. The van der Waals surface area contributed by atoms with E-state index in [0.29, 0.717) is 0 Å². The monoisotopic (exact) mass is 174 g/mol. The van der Waals surface area contributed by atoms with E-state index < -0.39 is 0 Å². The molecule has 0 aliphatic rings. The molecule has 0 radical (unpaired) electrons. The van der Waals surface area contributed by atoms with Crippen LogP contribution in [0.25, 0.3) is 5.52 Å². The molecular weight excluding hydrogens is 160 g/mol. The van der Waals surface area contributed by atoms with Gasteiger partial charge in [-0.05, 0) is 12.1 Å². The summed E-state index contributed by atoms with van der Waals surface area (Å²) in [5.74, 6) is 0. The van der Waals surface area contributed by atoms with E-state index in [1.165, 1.54) is 5.69 Å². The molecule has 0 saturated carbocycles. The first-order valence-electron chi connectivity index (χ1n) is 4.50. The Balaban J connectivity index is 2.72. The van der Waals surface area contributed by atoms with Crippen LogP contribution in [0.2, 0.25) is 0 Å². The lowest BCUT2D eigenvalue weighted by Gasteiger charge is -2.18. The molecule has 0 bridgehead atoms. The van der Waals surface area contributed by atoms with Gasteiger partial charge in [0.2, 0.25) is 0 Å². The first-order valence-corrected chi connectivity index (χ1v) is 4.50. The summed E-state index contributed by atoms with van der Waals surface area (Å²) in [4.78, 5) is 4.09. The lowest BCUT2D eigenvalue weighted by Crippen LogP contribution is -2.13. The Bertz CT molecular complexity index is 421. The topological polar surface area (TPSA) is 17.3 Å². The van der Waals surface area contributed by atoms with Crippen LogP contribution in [0.1, 0.15) is 26.5 Å². The van der Waals surface area contributed by atoms with Gasteiger partial charge >= 0.3 is 0 Å². The van der Waals surface area contributed by atoms with Crippen LogP contribution in [0.4, 0.5) is 0 Å². The van der Waals surface area contributed by atoms with Crippen LogP contribution in [-0.4, -0.2) is 9.38 Å². The van der Waals surface area contributed by atoms with E-state index in [1.54, 1.807) is 0 Å². The zero-order chi connectivity index (χ0) is 9.47.